The zero-order valence-corrected chi connectivity index (χ0v) is 14.1. The van der Waals surface area contributed by atoms with Crippen LogP contribution in [0.25, 0.3) is 0 Å². The molecule has 0 amide bonds. The summed E-state index contributed by atoms with van der Waals surface area (Å²) in [5, 5.41) is 28.7. The molecule has 0 aromatic carbocycles. The number of aromatic nitrogens is 1. The van der Waals surface area contributed by atoms with Gasteiger partial charge in [0.05, 0.1) is 6.61 Å². The number of phosphoric acid groups is 1. The van der Waals surface area contributed by atoms with E-state index >= 15 is 0 Å². The van der Waals surface area contributed by atoms with E-state index in [1.54, 1.807) is 0 Å². The number of aromatic carboxylic acids is 1. The van der Waals surface area contributed by atoms with E-state index in [-0.39, 0.29) is 31.5 Å². The molecule has 126 valence electrons. The van der Waals surface area contributed by atoms with Gasteiger partial charge >= 0.3 is 36.8 Å². The van der Waals surface area contributed by atoms with Gasteiger partial charge in [-0.25, -0.2) is 9.36 Å². The van der Waals surface area contributed by atoms with Crippen molar-refractivity contribution < 1.29 is 51.1 Å². The fourth-order valence-corrected chi connectivity index (χ4v) is 2.40. The molecule has 1 aromatic heterocycles. The average Bonchev–Trinajstić information content (AvgIpc) is 2.72. The minimum absolute atomic E-state index is 0. The van der Waals surface area contributed by atoms with E-state index in [1.807, 2.05) is 0 Å². The SMILES string of the molecule is O=C(O)c1ccc[n+]([C@@H]2O[C@H](COP(=O)(O)O)[C@@H](O)[C@H]2O)c1.[H-].[H-].[Mg+2]. The summed E-state index contributed by atoms with van der Waals surface area (Å²) in [6.45, 7) is -0.627. The molecule has 2 rings (SSSR count). The summed E-state index contributed by atoms with van der Waals surface area (Å²) in [5.41, 5.74) is -0.0530. The molecule has 0 spiro atoms. The van der Waals surface area contributed by atoms with Crippen LogP contribution in [0.5, 0.6) is 0 Å². The van der Waals surface area contributed by atoms with Crippen molar-refractivity contribution in [3.05, 3.63) is 30.1 Å². The minimum atomic E-state index is -4.73. The number of pyridine rings is 1. The maximum atomic E-state index is 10.9. The van der Waals surface area contributed by atoms with E-state index in [0.29, 0.717) is 0 Å². The molecule has 0 aliphatic carbocycles. The molecule has 4 atom stereocenters. The van der Waals surface area contributed by atoms with Crippen molar-refractivity contribution in [2.24, 2.45) is 0 Å². The molecule has 2 heterocycles. The van der Waals surface area contributed by atoms with Gasteiger partial charge in [0.2, 0.25) is 0 Å². The Bertz CT molecular complexity index is 619. The monoisotopic (exact) mass is 362 g/mol. The van der Waals surface area contributed by atoms with Crippen LogP contribution in [-0.2, 0) is 13.8 Å². The van der Waals surface area contributed by atoms with Crippen molar-refractivity contribution in [1.29, 1.82) is 0 Å². The summed E-state index contributed by atoms with van der Waals surface area (Å²) in [6.07, 6.45) is -2.51. The molecule has 1 aliphatic heterocycles. The summed E-state index contributed by atoms with van der Waals surface area (Å²) < 4.78 is 21.4. The number of aliphatic hydroxyl groups excluding tert-OH is 2. The van der Waals surface area contributed by atoms with E-state index in [2.05, 4.69) is 4.52 Å². The second-order valence-electron chi connectivity index (χ2n) is 4.68. The molecule has 12 heteroatoms. The molecule has 1 saturated heterocycles. The number of hydrogen-bond donors (Lipinski definition) is 5. The van der Waals surface area contributed by atoms with Gasteiger partial charge in [-0.15, -0.1) is 0 Å². The first-order valence-electron chi connectivity index (χ1n) is 6.15. The molecule has 0 unspecified atom stereocenters. The first kappa shape index (κ1) is 20.4. The Hall–Kier alpha value is -0.624. The summed E-state index contributed by atoms with van der Waals surface area (Å²) in [6, 6.07) is 2.76. The van der Waals surface area contributed by atoms with Gasteiger partial charge in [0.15, 0.2) is 18.5 Å². The first-order valence-corrected chi connectivity index (χ1v) is 7.68. The van der Waals surface area contributed by atoms with Gasteiger partial charge in [0.1, 0.15) is 17.8 Å². The van der Waals surface area contributed by atoms with Gasteiger partial charge in [0, 0.05) is 6.07 Å². The van der Waals surface area contributed by atoms with Crippen molar-refractivity contribution in [3.8, 4) is 0 Å². The van der Waals surface area contributed by atoms with Gasteiger partial charge < -0.3 is 32.7 Å². The summed E-state index contributed by atoms with van der Waals surface area (Å²) >= 11 is 0. The fourth-order valence-electron chi connectivity index (χ4n) is 2.06. The van der Waals surface area contributed by atoms with E-state index < -0.39 is 44.9 Å². The molecule has 5 N–H and O–H groups in total. The minimum Gasteiger partial charge on any atom is -1.00 e. The molecular formula is C11H17MgNO9P+. The number of nitrogens with zero attached hydrogens (tertiary/aromatic N) is 1. The zero-order valence-electron chi connectivity index (χ0n) is 13.8. The van der Waals surface area contributed by atoms with E-state index in [9.17, 15) is 19.6 Å². The van der Waals surface area contributed by atoms with E-state index in [1.165, 1.54) is 29.1 Å². The Kier molecular flexibility index (Phi) is 7.07. The number of rotatable bonds is 5. The first-order chi connectivity index (χ1) is 10.2. The maximum absolute atomic E-state index is 10.9. The fraction of sp³-hybridized carbons (Fsp3) is 0.455. The Morgan fingerprint density at radius 2 is 2.04 bits per heavy atom. The molecule has 1 aromatic rings. The number of carboxylic acids is 1. The molecule has 1 aliphatic rings. The van der Waals surface area contributed by atoms with Crippen LogP contribution in [0.4, 0.5) is 0 Å². The van der Waals surface area contributed by atoms with Crippen LogP contribution in [0.2, 0.25) is 0 Å². The number of carbonyl (C=O) groups is 1. The zero-order chi connectivity index (χ0) is 16.5. The molecule has 0 bridgehead atoms. The van der Waals surface area contributed by atoms with Gasteiger partial charge in [-0.1, -0.05) is 0 Å². The third kappa shape index (κ3) is 5.18. The van der Waals surface area contributed by atoms with Crippen LogP contribution in [0, 0.1) is 0 Å². The van der Waals surface area contributed by atoms with Crippen LogP contribution < -0.4 is 4.57 Å². The molecule has 0 radical (unpaired) electrons. The number of carboxylic acid groups (broad SMARTS) is 1. The summed E-state index contributed by atoms with van der Waals surface area (Å²) in [7, 11) is -4.73. The number of hydrogen-bond acceptors (Lipinski definition) is 6. The van der Waals surface area contributed by atoms with Crippen molar-refractivity contribution in [2.45, 2.75) is 24.5 Å². The van der Waals surface area contributed by atoms with Crippen LogP contribution >= 0.6 is 7.82 Å². The van der Waals surface area contributed by atoms with Crippen LogP contribution in [0.15, 0.2) is 24.5 Å². The second kappa shape index (κ2) is 7.97. The Balaban J connectivity index is 0. The third-order valence-electron chi connectivity index (χ3n) is 3.11. The molecular weight excluding hydrogens is 345 g/mol. The number of phosphoric ester groups is 1. The number of aliphatic hydroxyl groups is 2. The molecule has 10 nitrogen and oxygen atoms in total. The topological polar surface area (TPSA) is 158 Å². The van der Waals surface area contributed by atoms with Crippen molar-refractivity contribution in [2.75, 3.05) is 6.61 Å². The van der Waals surface area contributed by atoms with Crippen molar-refractivity contribution in [3.63, 3.8) is 0 Å². The normalized spacial score (nSPS) is 27.5. The average molecular weight is 363 g/mol. The quantitative estimate of drug-likeness (QED) is 0.232. The van der Waals surface area contributed by atoms with Gasteiger partial charge in [-0.3, -0.25) is 4.52 Å². The molecule has 0 saturated carbocycles. The van der Waals surface area contributed by atoms with Crippen LogP contribution in [0.1, 0.15) is 19.4 Å². The molecule has 1 fully saturated rings. The van der Waals surface area contributed by atoms with E-state index in [0.717, 1.165) is 0 Å². The Morgan fingerprint density at radius 3 is 2.61 bits per heavy atom. The van der Waals surface area contributed by atoms with Gasteiger partial charge in [-0.2, -0.15) is 4.57 Å². The Morgan fingerprint density at radius 1 is 1.39 bits per heavy atom. The summed E-state index contributed by atoms with van der Waals surface area (Å²) in [4.78, 5) is 28.2. The number of ether oxygens (including phenoxy) is 1. The van der Waals surface area contributed by atoms with Crippen molar-refractivity contribution in [1.82, 2.24) is 0 Å². The van der Waals surface area contributed by atoms with Gasteiger partial charge in [-0.05, 0) is 6.07 Å². The van der Waals surface area contributed by atoms with E-state index in [4.69, 9.17) is 19.6 Å². The van der Waals surface area contributed by atoms with Crippen molar-refractivity contribution >= 4 is 36.8 Å². The third-order valence-corrected chi connectivity index (χ3v) is 3.59. The largest absolute Gasteiger partial charge is 2.00 e. The predicted molar refractivity (Wildman–Crippen MR) is 75.5 cm³/mol. The molecule has 23 heavy (non-hydrogen) atoms. The summed E-state index contributed by atoms with van der Waals surface area (Å²) in [5.74, 6) is -1.18. The maximum Gasteiger partial charge on any atom is 2.00 e. The predicted octanol–water partition coefficient (Wildman–Crippen LogP) is -1.76. The second-order valence-corrected chi connectivity index (χ2v) is 5.92. The smallest absolute Gasteiger partial charge is 1.00 e. The van der Waals surface area contributed by atoms with Gasteiger partial charge in [0.25, 0.3) is 6.23 Å². The van der Waals surface area contributed by atoms with Crippen LogP contribution in [-0.4, -0.2) is 79.0 Å². The Labute approximate surface area is 149 Å². The van der Waals surface area contributed by atoms with Crippen LogP contribution in [0.3, 0.4) is 0 Å². The standard InChI is InChI=1S/C11H14NO9P.Mg.2H/c13-8-7(5-20-22(17,18)19)21-10(9(8)14)12-3-1-2-6(4-12)11(15)16;;;/h1-4,7-10,13-14H,5H2,(H2-,15,16,17,18,19);;;/q;+2;2*-1/p+1/t7-,8-,9-,10-;;;/m1.../s1.